The molecule has 17 heavy (non-hydrogen) atoms. The molecule has 0 aromatic carbocycles. The fourth-order valence-corrected chi connectivity index (χ4v) is 0. The van der Waals surface area contributed by atoms with Crippen LogP contribution in [0.15, 0.2) is 0 Å². The molecule has 6 nitrogen and oxygen atoms in total. The summed E-state index contributed by atoms with van der Waals surface area (Å²) in [7, 11) is -12.2. The molecule has 0 atom stereocenters. The minimum absolute atomic E-state index is 0. The number of halogens is 6. The average Bonchev–Trinajstić information content (AvgIpc) is 1.77. The first-order valence-corrected chi connectivity index (χ1v) is 5.36. The van der Waals surface area contributed by atoms with Crippen molar-refractivity contribution in [2.24, 2.45) is 0 Å². The normalized spacial score (nSPS) is 13.2. The molecule has 0 aromatic rings. The molecule has 0 aliphatic heterocycles. The van der Waals surface area contributed by atoms with Crippen molar-refractivity contribution >= 4 is 20.2 Å². The van der Waals surface area contributed by atoms with Crippen molar-refractivity contribution in [3.8, 4) is 0 Å². The van der Waals surface area contributed by atoms with Crippen LogP contribution in [0.5, 0.6) is 0 Å². The molecule has 109 valence electrons. The van der Waals surface area contributed by atoms with E-state index >= 15 is 0 Å². The summed E-state index contributed by atoms with van der Waals surface area (Å²) in [6.07, 6.45) is 0. The molecule has 0 unspecified atom stereocenters. The Balaban J connectivity index is -0.000000218. The first-order valence-electron chi connectivity index (χ1n) is 2.54. The summed E-state index contributed by atoms with van der Waals surface area (Å²) in [5, 5.41) is 0. The first-order chi connectivity index (χ1) is 6.50. The Morgan fingerprint density at radius 1 is 0.647 bits per heavy atom. The fraction of sp³-hybridized carbons (Fsp3) is 1.00. The third kappa shape index (κ3) is 9.59. The Morgan fingerprint density at radius 2 is 0.706 bits per heavy atom. The van der Waals surface area contributed by atoms with E-state index in [0.29, 0.717) is 0 Å². The predicted octanol–water partition coefficient (Wildman–Crippen LogP) is 0.100. The van der Waals surface area contributed by atoms with Crippen molar-refractivity contribution < 1.29 is 69.1 Å². The summed E-state index contributed by atoms with van der Waals surface area (Å²) in [5.41, 5.74) is -11.3. The Morgan fingerprint density at radius 3 is 0.706 bits per heavy atom. The van der Waals surface area contributed by atoms with Crippen LogP contribution >= 0.6 is 0 Å². The maximum Gasteiger partial charge on any atom is 0.485 e. The Kier molecular flexibility index (Phi) is 8.05. The summed E-state index contributed by atoms with van der Waals surface area (Å²) >= 11 is 0. The SMILES string of the molecule is O=S(=O)([O-])C(F)(F)F.O=S(=O)([O-])C(F)(F)F.[Co]. The summed E-state index contributed by atoms with van der Waals surface area (Å²) in [4.78, 5) is 0. The van der Waals surface area contributed by atoms with Gasteiger partial charge in [-0.15, -0.1) is 0 Å². The molecule has 0 saturated carbocycles. The molecule has 1 radical (unpaired) electrons. The van der Waals surface area contributed by atoms with Crippen LogP contribution in [0.4, 0.5) is 26.3 Å². The van der Waals surface area contributed by atoms with Gasteiger partial charge in [0.2, 0.25) is 0 Å². The van der Waals surface area contributed by atoms with E-state index in [-0.39, 0.29) is 16.8 Å². The van der Waals surface area contributed by atoms with Gasteiger partial charge in [0.05, 0.1) is 0 Å². The van der Waals surface area contributed by atoms with E-state index in [2.05, 4.69) is 0 Å². The van der Waals surface area contributed by atoms with Crippen molar-refractivity contribution in [1.29, 1.82) is 0 Å². The van der Waals surface area contributed by atoms with Gasteiger partial charge in [-0.25, -0.2) is 16.8 Å². The molecule has 0 spiro atoms. The van der Waals surface area contributed by atoms with Crippen LogP contribution in [0.1, 0.15) is 0 Å². The maximum absolute atomic E-state index is 10.7. The van der Waals surface area contributed by atoms with Crippen molar-refractivity contribution in [2.45, 2.75) is 11.0 Å². The second-order valence-electron chi connectivity index (χ2n) is 1.80. The van der Waals surface area contributed by atoms with Gasteiger partial charge in [-0.3, -0.25) is 0 Å². The van der Waals surface area contributed by atoms with E-state index in [0.717, 1.165) is 0 Å². The van der Waals surface area contributed by atoms with Crippen LogP contribution in [-0.2, 0) is 37.0 Å². The van der Waals surface area contributed by atoms with E-state index < -0.39 is 31.3 Å². The van der Waals surface area contributed by atoms with E-state index in [1.165, 1.54) is 0 Å². The van der Waals surface area contributed by atoms with E-state index in [9.17, 15) is 26.3 Å². The van der Waals surface area contributed by atoms with Crippen molar-refractivity contribution in [3.05, 3.63) is 0 Å². The van der Waals surface area contributed by atoms with Gasteiger partial charge in [-0.1, -0.05) is 0 Å². The molecular formula is C2CoF6O6S2-2. The third-order valence-corrected chi connectivity index (χ3v) is 1.70. The van der Waals surface area contributed by atoms with Crippen molar-refractivity contribution in [3.63, 3.8) is 0 Å². The molecule has 0 aromatic heterocycles. The minimum atomic E-state index is -6.09. The Labute approximate surface area is 101 Å². The number of rotatable bonds is 0. The quantitative estimate of drug-likeness (QED) is 0.345. The van der Waals surface area contributed by atoms with Crippen LogP contribution < -0.4 is 0 Å². The van der Waals surface area contributed by atoms with E-state index in [1.807, 2.05) is 0 Å². The number of hydrogen-bond acceptors (Lipinski definition) is 6. The summed E-state index contributed by atoms with van der Waals surface area (Å²) < 4.78 is 118. The van der Waals surface area contributed by atoms with Crippen LogP contribution in [0.3, 0.4) is 0 Å². The predicted molar refractivity (Wildman–Crippen MR) is 31.5 cm³/mol. The van der Waals surface area contributed by atoms with Gasteiger partial charge >= 0.3 is 11.0 Å². The topological polar surface area (TPSA) is 114 Å². The molecular weight excluding hydrogens is 357 g/mol. The van der Waals surface area contributed by atoms with Crippen LogP contribution in [0.25, 0.3) is 0 Å². The molecule has 0 amide bonds. The minimum Gasteiger partial charge on any atom is -0.741 e. The van der Waals surface area contributed by atoms with Gasteiger partial charge in [-0.05, 0) is 0 Å². The Hall–Kier alpha value is -0.0935. The van der Waals surface area contributed by atoms with Gasteiger partial charge < -0.3 is 9.11 Å². The standard InChI is InChI=1S/2CHF3O3S.Co/c2*2-1(3,4)8(5,6)7;/h2*(H,5,6,7);/p-2. The fourth-order valence-electron chi connectivity index (χ4n) is 0. The monoisotopic (exact) mass is 357 g/mol. The van der Waals surface area contributed by atoms with Gasteiger partial charge in [0.25, 0.3) is 0 Å². The summed E-state index contributed by atoms with van der Waals surface area (Å²) in [6.45, 7) is 0. The van der Waals surface area contributed by atoms with Gasteiger partial charge in [0, 0.05) is 16.8 Å². The molecule has 0 aliphatic rings. The average molecular weight is 357 g/mol. The van der Waals surface area contributed by atoms with Crippen molar-refractivity contribution in [2.75, 3.05) is 0 Å². The number of hydrogen-bond donors (Lipinski definition) is 0. The largest absolute Gasteiger partial charge is 0.741 e. The van der Waals surface area contributed by atoms with Crippen LogP contribution in [0.2, 0.25) is 0 Å². The summed E-state index contributed by atoms with van der Waals surface area (Å²) in [5.74, 6) is 0. The van der Waals surface area contributed by atoms with Gasteiger partial charge in [-0.2, -0.15) is 26.3 Å². The molecule has 0 N–H and O–H groups in total. The second kappa shape index (κ2) is 6.18. The zero-order chi connectivity index (χ0) is 14.0. The summed E-state index contributed by atoms with van der Waals surface area (Å²) in [6, 6.07) is 0. The second-order valence-corrected chi connectivity index (χ2v) is 4.54. The van der Waals surface area contributed by atoms with Gasteiger partial charge in [0.15, 0.2) is 20.2 Å². The zero-order valence-electron chi connectivity index (χ0n) is 6.87. The molecule has 15 heteroatoms. The molecule has 0 heterocycles. The van der Waals surface area contributed by atoms with Crippen molar-refractivity contribution in [1.82, 2.24) is 0 Å². The first kappa shape index (κ1) is 22.1. The maximum atomic E-state index is 10.7. The van der Waals surface area contributed by atoms with Crippen LogP contribution in [0, 0.1) is 0 Å². The molecule has 0 fully saturated rings. The zero-order valence-corrected chi connectivity index (χ0v) is 9.54. The van der Waals surface area contributed by atoms with Gasteiger partial charge in [0.1, 0.15) is 0 Å². The Bertz CT molecular complexity index is 374. The van der Waals surface area contributed by atoms with E-state index in [1.54, 1.807) is 0 Å². The van der Waals surface area contributed by atoms with Crippen LogP contribution in [-0.4, -0.2) is 37.0 Å². The third-order valence-electron chi connectivity index (χ3n) is 0.567. The molecule has 0 saturated heterocycles. The molecule has 0 bridgehead atoms. The smallest absolute Gasteiger partial charge is 0.485 e. The molecule has 0 aliphatic carbocycles. The van der Waals surface area contributed by atoms with E-state index in [4.69, 9.17) is 25.9 Å². The number of alkyl halides is 6. The molecule has 0 rings (SSSR count).